The molecule has 0 aromatic heterocycles. The molecule has 4 N–H and O–H groups in total. The summed E-state index contributed by atoms with van der Waals surface area (Å²) in [5.74, 6) is -2.10. The molecule has 0 saturated heterocycles. The van der Waals surface area contributed by atoms with Gasteiger partial charge in [0.1, 0.15) is 11.5 Å². The van der Waals surface area contributed by atoms with Gasteiger partial charge in [-0.25, -0.2) is 10.9 Å². The van der Waals surface area contributed by atoms with Gasteiger partial charge < -0.3 is 10.2 Å². The van der Waals surface area contributed by atoms with Crippen molar-refractivity contribution in [3.63, 3.8) is 0 Å². The first-order valence-corrected chi connectivity index (χ1v) is 9.62. The molecule has 32 heavy (non-hydrogen) atoms. The van der Waals surface area contributed by atoms with Crippen LogP contribution in [0.2, 0.25) is 0 Å². The average Bonchev–Trinajstić information content (AvgIpc) is 2.81. The highest BCUT2D eigenvalue weighted by atomic mass is 16.3. The van der Waals surface area contributed by atoms with Crippen molar-refractivity contribution in [2.45, 2.75) is 0 Å². The Morgan fingerprint density at radius 1 is 0.625 bits per heavy atom. The highest BCUT2D eigenvalue weighted by Gasteiger charge is 2.12. The van der Waals surface area contributed by atoms with Crippen LogP contribution in [0.25, 0.3) is 21.5 Å². The fourth-order valence-electron chi connectivity index (χ4n) is 3.25. The highest BCUT2D eigenvalue weighted by Crippen LogP contribution is 2.26. The van der Waals surface area contributed by atoms with E-state index in [-0.39, 0.29) is 11.5 Å². The minimum atomic E-state index is -1.04. The van der Waals surface area contributed by atoms with Crippen molar-refractivity contribution < 1.29 is 19.8 Å². The molecule has 158 valence electrons. The van der Waals surface area contributed by atoms with E-state index in [0.29, 0.717) is 11.1 Å². The number of aromatic hydroxyl groups is 2. The number of carbonyl (C=O) groups excluding carboxylic acids is 2. The van der Waals surface area contributed by atoms with E-state index >= 15 is 0 Å². The molecule has 0 unspecified atom stereocenters. The summed E-state index contributed by atoms with van der Waals surface area (Å²) in [6, 6.07) is 21.3. The second-order valence-electron chi connectivity index (χ2n) is 6.84. The maximum atomic E-state index is 12.0. The molecule has 8 nitrogen and oxygen atoms in total. The van der Waals surface area contributed by atoms with Crippen molar-refractivity contribution in [2.75, 3.05) is 0 Å². The van der Waals surface area contributed by atoms with Crippen LogP contribution in [0.15, 0.2) is 83.0 Å². The van der Waals surface area contributed by atoms with Gasteiger partial charge in [-0.15, -0.1) is 0 Å². The normalized spacial score (nSPS) is 11.4. The van der Waals surface area contributed by atoms with Crippen molar-refractivity contribution in [3.8, 4) is 11.5 Å². The Kier molecular flexibility index (Phi) is 5.76. The minimum Gasteiger partial charge on any atom is -0.507 e. The van der Waals surface area contributed by atoms with Crippen molar-refractivity contribution in [3.05, 3.63) is 83.9 Å². The molecular weight excluding hydrogens is 408 g/mol. The predicted octanol–water partition coefficient (Wildman–Crippen LogP) is 3.00. The van der Waals surface area contributed by atoms with E-state index in [0.717, 1.165) is 21.5 Å². The van der Waals surface area contributed by atoms with E-state index in [4.69, 9.17) is 0 Å². The van der Waals surface area contributed by atoms with Gasteiger partial charge in [0.25, 0.3) is 0 Å². The summed E-state index contributed by atoms with van der Waals surface area (Å²) in [4.78, 5) is 24.0. The molecule has 0 aliphatic heterocycles. The van der Waals surface area contributed by atoms with Gasteiger partial charge in [-0.2, -0.15) is 10.2 Å². The number of benzene rings is 4. The van der Waals surface area contributed by atoms with Gasteiger partial charge in [0, 0.05) is 11.1 Å². The Morgan fingerprint density at radius 2 is 1.03 bits per heavy atom. The lowest BCUT2D eigenvalue weighted by atomic mass is 10.0. The summed E-state index contributed by atoms with van der Waals surface area (Å²) in [7, 11) is 0. The summed E-state index contributed by atoms with van der Waals surface area (Å²) in [5, 5.41) is 31.0. The lowest BCUT2D eigenvalue weighted by Crippen LogP contribution is -2.35. The van der Waals surface area contributed by atoms with Crippen LogP contribution in [0.3, 0.4) is 0 Å². The van der Waals surface area contributed by atoms with Crippen LogP contribution in [-0.4, -0.2) is 34.5 Å². The van der Waals surface area contributed by atoms with Crippen LogP contribution >= 0.6 is 0 Å². The first-order valence-electron chi connectivity index (χ1n) is 9.62. The molecule has 0 fully saturated rings. The van der Waals surface area contributed by atoms with E-state index in [1.807, 2.05) is 48.5 Å². The first-order chi connectivity index (χ1) is 15.5. The van der Waals surface area contributed by atoms with E-state index in [9.17, 15) is 19.8 Å². The van der Waals surface area contributed by atoms with Gasteiger partial charge in [0.15, 0.2) is 0 Å². The lowest BCUT2D eigenvalue weighted by molar-refractivity contribution is -0.139. The Bertz CT molecular complexity index is 1290. The largest absolute Gasteiger partial charge is 0.507 e. The number of amides is 2. The number of carbonyl (C=O) groups is 2. The van der Waals surface area contributed by atoms with Crippen molar-refractivity contribution in [1.29, 1.82) is 0 Å². The third-order valence-corrected chi connectivity index (χ3v) is 4.82. The molecule has 0 aliphatic rings. The van der Waals surface area contributed by atoms with E-state index in [1.54, 1.807) is 12.1 Å². The van der Waals surface area contributed by atoms with E-state index in [1.165, 1.54) is 24.6 Å². The van der Waals surface area contributed by atoms with Crippen LogP contribution in [0.4, 0.5) is 0 Å². The standard InChI is InChI=1S/C24H18N4O4/c29-21-11-9-15-5-1-3-7-17(15)19(21)13-25-27-23(31)24(32)28-26-14-20-18-8-4-2-6-16(18)10-12-22(20)30/h1-14,29-30H,(H,27,31)(H,28,32)/b25-13-,26-14-. The second kappa shape index (κ2) is 8.97. The van der Waals surface area contributed by atoms with Gasteiger partial charge in [-0.3, -0.25) is 9.59 Å². The molecule has 0 atom stereocenters. The number of phenols is 2. The molecule has 0 bridgehead atoms. The Morgan fingerprint density at radius 3 is 1.47 bits per heavy atom. The lowest BCUT2D eigenvalue weighted by Gasteiger charge is -2.05. The Balaban J connectivity index is 1.42. The fraction of sp³-hybridized carbons (Fsp3) is 0. The second-order valence-corrected chi connectivity index (χ2v) is 6.84. The van der Waals surface area contributed by atoms with Gasteiger partial charge >= 0.3 is 11.8 Å². The van der Waals surface area contributed by atoms with Gasteiger partial charge in [0.2, 0.25) is 0 Å². The Hall–Kier alpha value is -4.72. The van der Waals surface area contributed by atoms with Gasteiger partial charge in [0.05, 0.1) is 12.4 Å². The smallest absolute Gasteiger partial charge is 0.331 e. The first kappa shape index (κ1) is 20.5. The van der Waals surface area contributed by atoms with Crippen LogP contribution in [-0.2, 0) is 9.59 Å². The zero-order valence-corrected chi connectivity index (χ0v) is 16.7. The molecule has 0 spiro atoms. The quantitative estimate of drug-likeness (QED) is 0.228. The number of nitrogens with one attached hydrogen (secondary N) is 2. The molecule has 4 aromatic carbocycles. The monoisotopic (exact) mass is 426 g/mol. The number of nitrogens with zero attached hydrogens (tertiary/aromatic N) is 2. The van der Waals surface area contributed by atoms with E-state index < -0.39 is 11.8 Å². The zero-order chi connectivity index (χ0) is 22.5. The van der Waals surface area contributed by atoms with Crippen LogP contribution in [0.5, 0.6) is 11.5 Å². The summed E-state index contributed by atoms with van der Waals surface area (Å²) in [6.07, 6.45) is 2.53. The molecule has 4 rings (SSSR count). The molecule has 0 aliphatic carbocycles. The molecule has 8 heteroatoms. The van der Waals surface area contributed by atoms with E-state index in [2.05, 4.69) is 21.1 Å². The van der Waals surface area contributed by atoms with Crippen LogP contribution < -0.4 is 10.9 Å². The van der Waals surface area contributed by atoms with Crippen LogP contribution in [0.1, 0.15) is 11.1 Å². The van der Waals surface area contributed by atoms with Crippen LogP contribution in [0, 0.1) is 0 Å². The topological polar surface area (TPSA) is 123 Å². The molecule has 0 heterocycles. The zero-order valence-electron chi connectivity index (χ0n) is 16.7. The summed E-state index contributed by atoms with van der Waals surface area (Å²) >= 11 is 0. The Labute approximate surface area is 182 Å². The maximum Gasteiger partial charge on any atom is 0.331 e. The number of fused-ring (bicyclic) bond motifs is 2. The minimum absolute atomic E-state index is 0.00866. The number of hydrogen-bond acceptors (Lipinski definition) is 6. The maximum absolute atomic E-state index is 12.0. The fourth-order valence-corrected chi connectivity index (χ4v) is 3.25. The SMILES string of the molecule is O=C(N/N=C\c1c(O)ccc2ccccc12)C(=O)N/N=C\c1c(O)ccc2ccccc12. The number of rotatable bonds is 4. The molecule has 2 amide bonds. The predicted molar refractivity (Wildman–Crippen MR) is 123 cm³/mol. The van der Waals surface area contributed by atoms with Crippen molar-refractivity contribution in [2.24, 2.45) is 10.2 Å². The highest BCUT2D eigenvalue weighted by molar-refractivity contribution is 6.35. The van der Waals surface area contributed by atoms with Gasteiger partial charge in [-0.1, -0.05) is 60.7 Å². The third kappa shape index (κ3) is 4.24. The number of hydrazone groups is 2. The van der Waals surface area contributed by atoms with Crippen molar-refractivity contribution >= 4 is 45.8 Å². The summed E-state index contributed by atoms with van der Waals surface area (Å²) in [5.41, 5.74) is 5.01. The number of hydrogen-bond donors (Lipinski definition) is 4. The molecule has 4 aromatic rings. The third-order valence-electron chi connectivity index (χ3n) is 4.82. The molecule has 0 saturated carbocycles. The number of phenolic OH excluding ortho intramolecular Hbond substituents is 2. The average molecular weight is 426 g/mol. The van der Waals surface area contributed by atoms with Gasteiger partial charge in [-0.05, 0) is 33.7 Å². The summed E-state index contributed by atoms with van der Waals surface area (Å²) < 4.78 is 0. The van der Waals surface area contributed by atoms with Crippen molar-refractivity contribution in [1.82, 2.24) is 10.9 Å². The molecular formula is C24H18N4O4. The summed E-state index contributed by atoms with van der Waals surface area (Å²) in [6.45, 7) is 0. The molecule has 0 radical (unpaired) electrons.